The number of aryl methyl sites for hydroxylation is 2. The predicted molar refractivity (Wildman–Crippen MR) is 198 cm³/mol. The van der Waals surface area contributed by atoms with E-state index in [0.717, 1.165) is 70.3 Å². The van der Waals surface area contributed by atoms with E-state index >= 15 is 0 Å². The van der Waals surface area contributed by atoms with E-state index in [1.54, 1.807) is 13.2 Å². The van der Waals surface area contributed by atoms with Crippen LogP contribution in [0.15, 0.2) is 59.5 Å². The number of carbonyl (C=O) groups excluding carboxylic acids is 1. The Balaban J connectivity index is 1.19. The molecule has 3 aromatic heterocycles. The van der Waals surface area contributed by atoms with Gasteiger partial charge in [-0.15, -0.1) is 0 Å². The number of ether oxygens (including phenoxy) is 1. The summed E-state index contributed by atoms with van der Waals surface area (Å²) in [6.07, 6.45) is 2.08. The van der Waals surface area contributed by atoms with Gasteiger partial charge in [0.15, 0.2) is 0 Å². The van der Waals surface area contributed by atoms with Crippen LogP contribution in [0.2, 0.25) is 5.02 Å². The Morgan fingerprint density at radius 3 is 2.63 bits per heavy atom. The lowest BCUT2D eigenvalue weighted by molar-refractivity contribution is 0.146. The number of pyridine rings is 2. The number of fused-ring (bicyclic) bond motifs is 2. The molecule has 7 rings (SSSR count). The van der Waals surface area contributed by atoms with Gasteiger partial charge in [-0.05, 0) is 74.5 Å². The summed E-state index contributed by atoms with van der Waals surface area (Å²) in [6, 6.07) is 14.8. The zero-order valence-corrected chi connectivity index (χ0v) is 30.0. The summed E-state index contributed by atoms with van der Waals surface area (Å²) in [5, 5.41) is 13.9. The number of hydrogen-bond acceptors (Lipinski definition) is 8. The predicted octanol–water partition coefficient (Wildman–Crippen LogP) is 7.09. The third-order valence-corrected chi connectivity index (χ3v) is 10.5. The number of nitrogens with one attached hydrogen (secondary N) is 3. The van der Waals surface area contributed by atoms with Gasteiger partial charge < -0.3 is 20.7 Å². The number of rotatable bonds is 10. The number of aromatic nitrogens is 4. The van der Waals surface area contributed by atoms with Gasteiger partial charge in [-0.1, -0.05) is 41.9 Å². The summed E-state index contributed by atoms with van der Waals surface area (Å²) >= 11 is 7.19. The van der Waals surface area contributed by atoms with Crippen LogP contribution >= 0.6 is 11.6 Å². The first kappa shape index (κ1) is 35.3. The number of amides is 2. The molecule has 14 heteroatoms. The Morgan fingerprint density at radius 1 is 1.10 bits per heavy atom. The monoisotopic (exact) mass is 728 g/mol. The molecule has 5 aromatic rings. The molecular formula is C38H39ClF2N8O3. The van der Waals surface area contributed by atoms with Crippen LogP contribution in [-0.4, -0.2) is 64.0 Å². The van der Waals surface area contributed by atoms with Crippen molar-refractivity contribution in [1.29, 1.82) is 0 Å². The van der Waals surface area contributed by atoms with Gasteiger partial charge in [0, 0.05) is 60.0 Å². The smallest absolute Gasteiger partial charge is 0.315 e. The first-order chi connectivity index (χ1) is 25.0. The summed E-state index contributed by atoms with van der Waals surface area (Å²) in [7, 11) is 5.23. The fourth-order valence-corrected chi connectivity index (χ4v) is 7.65. The van der Waals surface area contributed by atoms with E-state index in [0.29, 0.717) is 28.8 Å². The van der Waals surface area contributed by atoms with E-state index in [1.807, 2.05) is 37.3 Å². The van der Waals surface area contributed by atoms with Gasteiger partial charge in [-0.2, -0.15) is 5.10 Å². The number of methoxy groups -OCH3 is 1. The van der Waals surface area contributed by atoms with E-state index < -0.39 is 17.7 Å². The van der Waals surface area contributed by atoms with Crippen LogP contribution in [0.1, 0.15) is 54.1 Å². The summed E-state index contributed by atoms with van der Waals surface area (Å²) in [4.78, 5) is 36.3. The van der Waals surface area contributed by atoms with Crippen LogP contribution < -0.4 is 26.2 Å². The minimum Gasteiger partial charge on any atom is -0.481 e. The summed E-state index contributed by atoms with van der Waals surface area (Å²) in [5.74, 6) is 0.584. The molecule has 1 fully saturated rings. The Hall–Kier alpha value is -5.14. The zero-order valence-electron chi connectivity index (χ0n) is 29.3. The van der Waals surface area contributed by atoms with E-state index in [-0.39, 0.29) is 34.7 Å². The summed E-state index contributed by atoms with van der Waals surface area (Å²) in [6.45, 7) is 3.40. The summed E-state index contributed by atoms with van der Waals surface area (Å²) < 4.78 is 34.7. The van der Waals surface area contributed by atoms with Crippen molar-refractivity contribution in [2.24, 2.45) is 7.05 Å². The summed E-state index contributed by atoms with van der Waals surface area (Å²) in [5.41, 5.74) is 5.66. The van der Waals surface area contributed by atoms with E-state index in [1.165, 1.54) is 19.3 Å². The third-order valence-electron chi connectivity index (χ3n) is 10.1. The van der Waals surface area contributed by atoms with Gasteiger partial charge >= 0.3 is 6.03 Å². The van der Waals surface area contributed by atoms with Crippen LogP contribution in [0.5, 0.6) is 5.88 Å². The molecule has 0 radical (unpaired) electrons. The molecule has 2 aliphatic rings. The highest BCUT2D eigenvalue weighted by molar-refractivity contribution is 6.36. The molecule has 3 N–H and O–H groups in total. The lowest BCUT2D eigenvalue weighted by Crippen LogP contribution is -2.50. The normalized spacial score (nSPS) is 17.0. The largest absolute Gasteiger partial charge is 0.481 e. The second-order valence-electron chi connectivity index (χ2n) is 13.3. The van der Waals surface area contributed by atoms with E-state index in [4.69, 9.17) is 21.3 Å². The maximum absolute atomic E-state index is 13.8. The Kier molecular flexibility index (Phi) is 9.82. The molecule has 1 saturated heterocycles. The maximum atomic E-state index is 13.8. The van der Waals surface area contributed by atoms with Crippen molar-refractivity contribution in [3.8, 4) is 28.3 Å². The number of alkyl halides is 2. The number of carbonyl (C=O) groups is 1. The topological polar surface area (TPSA) is 126 Å². The third kappa shape index (κ3) is 6.66. The van der Waals surface area contributed by atoms with Crippen molar-refractivity contribution >= 4 is 39.9 Å². The number of anilines is 2. The highest BCUT2D eigenvalue weighted by Crippen LogP contribution is 2.45. The SMILES string of the molecule is COc1nc(-c2cccc(-c3cccc(Nc4nc(C(F)F)cc5cnn(C)c(=O)c45)c3C)c2Cl)cc2c1C(N(C)CCC1CCNC(=O)N1)CC2. The van der Waals surface area contributed by atoms with Gasteiger partial charge in [0.2, 0.25) is 5.88 Å². The highest BCUT2D eigenvalue weighted by atomic mass is 35.5. The first-order valence-corrected chi connectivity index (χ1v) is 17.5. The van der Waals surface area contributed by atoms with E-state index in [9.17, 15) is 18.4 Å². The second-order valence-corrected chi connectivity index (χ2v) is 13.7. The van der Waals surface area contributed by atoms with Crippen molar-refractivity contribution in [3.05, 3.63) is 92.5 Å². The molecule has 2 amide bonds. The van der Waals surface area contributed by atoms with Crippen molar-refractivity contribution in [3.63, 3.8) is 0 Å². The number of hydrogen-bond donors (Lipinski definition) is 3. The molecule has 0 bridgehead atoms. The Bertz CT molecular complexity index is 2250. The lowest BCUT2D eigenvalue weighted by atomic mass is 9.96. The van der Waals surface area contributed by atoms with Crippen LogP contribution in [0, 0.1) is 6.92 Å². The molecular weight excluding hydrogens is 690 g/mol. The number of nitrogens with zero attached hydrogens (tertiary/aromatic N) is 5. The van der Waals surface area contributed by atoms with Gasteiger partial charge in [0.25, 0.3) is 12.0 Å². The molecule has 1 aliphatic heterocycles. The molecule has 270 valence electrons. The number of halogens is 3. The van der Waals surface area contributed by atoms with Crippen LogP contribution in [0.25, 0.3) is 33.2 Å². The minimum atomic E-state index is -2.84. The van der Waals surface area contributed by atoms with E-state index in [2.05, 4.69) is 44.0 Å². The molecule has 2 aromatic carbocycles. The standard InChI is InChI=1S/C38H39ClF2N8O3/c1-20-24(7-6-10-27(20)45-35-32-22(18-29(46-35)34(40)41)19-43-49(3)37(32)50)25-8-5-9-26(33(25)39)28-17-21-11-12-30(31(21)36(47-28)52-4)48(2)16-14-23-13-15-42-38(51)44-23/h5-10,17-19,23,30,34H,11-16H2,1-4H3,(H,45,46)(H2,42,44,51). The molecule has 2 unspecified atom stereocenters. The van der Waals surface area contributed by atoms with Crippen LogP contribution in [0.3, 0.4) is 0 Å². The molecule has 52 heavy (non-hydrogen) atoms. The van der Waals surface area contributed by atoms with Crippen molar-refractivity contribution in [1.82, 2.24) is 35.3 Å². The Labute approximate surface area is 304 Å². The van der Waals surface area contributed by atoms with Crippen LogP contribution in [0.4, 0.5) is 25.1 Å². The van der Waals surface area contributed by atoms with Gasteiger partial charge in [0.05, 0.1) is 29.4 Å². The average molecular weight is 729 g/mol. The molecule has 11 nitrogen and oxygen atoms in total. The fourth-order valence-electron chi connectivity index (χ4n) is 7.32. The van der Waals surface area contributed by atoms with Crippen molar-refractivity contribution in [2.75, 3.05) is 32.6 Å². The fraction of sp³-hybridized carbons (Fsp3) is 0.342. The van der Waals surface area contributed by atoms with Gasteiger partial charge in [-0.25, -0.2) is 28.2 Å². The van der Waals surface area contributed by atoms with Crippen molar-refractivity contribution in [2.45, 2.75) is 51.1 Å². The second kappa shape index (κ2) is 14.5. The number of benzene rings is 2. The highest BCUT2D eigenvalue weighted by Gasteiger charge is 2.32. The van der Waals surface area contributed by atoms with Crippen LogP contribution in [-0.2, 0) is 13.5 Å². The molecule has 4 heterocycles. The van der Waals surface area contributed by atoms with Gasteiger partial charge in [0.1, 0.15) is 11.5 Å². The maximum Gasteiger partial charge on any atom is 0.315 e. The number of urea groups is 1. The first-order valence-electron chi connectivity index (χ1n) is 17.2. The molecule has 0 saturated carbocycles. The zero-order chi connectivity index (χ0) is 36.7. The average Bonchev–Trinajstić information content (AvgIpc) is 3.57. The van der Waals surface area contributed by atoms with Gasteiger partial charge in [-0.3, -0.25) is 9.69 Å². The quantitative estimate of drug-likeness (QED) is 0.139. The lowest BCUT2D eigenvalue weighted by Gasteiger charge is -2.30. The Morgan fingerprint density at radius 2 is 1.87 bits per heavy atom. The molecule has 0 spiro atoms. The van der Waals surface area contributed by atoms with Crippen molar-refractivity contribution < 1.29 is 18.3 Å². The molecule has 2 atom stereocenters. The minimum absolute atomic E-state index is 0.0207. The molecule has 1 aliphatic carbocycles.